The Morgan fingerprint density at radius 1 is 1.00 bits per heavy atom. The monoisotopic (exact) mass is 473 g/mol. The largest absolute Gasteiger partial charge is 0.356 e. The van der Waals surface area contributed by atoms with Crippen molar-refractivity contribution in [1.29, 1.82) is 0 Å². The minimum Gasteiger partial charge on any atom is -0.356 e. The number of thiocarbonyl (C=S) groups is 1. The molecule has 0 spiro atoms. The van der Waals surface area contributed by atoms with E-state index in [1.54, 1.807) is 12.1 Å². The van der Waals surface area contributed by atoms with Gasteiger partial charge in [0.15, 0.2) is 5.11 Å². The average molecular weight is 474 g/mol. The van der Waals surface area contributed by atoms with Crippen molar-refractivity contribution in [3.8, 4) is 0 Å². The molecule has 2 N–H and O–H groups in total. The molecule has 0 saturated carbocycles. The van der Waals surface area contributed by atoms with Crippen molar-refractivity contribution < 1.29 is 4.39 Å². The molecule has 4 aromatic rings. The molecule has 1 aromatic heterocycles. The molecule has 0 aliphatic rings. The van der Waals surface area contributed by atoms with Crippen LogP contribution in [0.15, 0.2) is 77.6 Å². The van der Waals surface area contributed by atoms with Crippen LogP contribution in [-0.2, 0) is 13.1 Å². The van der Waals surface area contributed by atoms with Gasteiger partial charge in [-0.1, -0.05) is 42.5 Å². The molecule has 0 bridgehead atoms. The van der Waals surface area contributed by atoms with Crippen LogP contribution in [0.5, 0.6) is 0 Å². The molecular weight excluding hydrogens is 445 g/mol. The lowest BCUT2D eigenvalue weighted by atomic mass is 10.0. The van der Waals surface area contributed by atoms with Crippen LogP contribution >= 0.6 is 12.2 Å². The number of pyridine rings is 1. The highest BCUT2D eigenvalue weighted by molar-refractivity contribution is 7.80. The highest BCUT2D eigenvalue weighted by Crippen LogP contribution is 2.19. The third-order valence-electron chi connectivity index (χ3n) is 6.11. The number of aryl methyl sites for hydroxylation is 2. The van der Waals surface area contributed by atoms with E-state index in [9.17, 15) is 9.18 Å². The SMILES string of the molecule is Cc1cc2cc(CN(Cc3ccc(F)cc3)C(=S)NC(C)c3ccccc3)c(=O)[nH]c2cc1C. The van der Waals surface area contributed by atoms with Crippen LogP contribution in [0.25, 0.3) is 10.9 Å². The van der Waals surface area contributed by atoms with Gasteiger partial charge in [-0.25, -0.2) is 4.39 Å². The molecular formula is C28H28FN3OS. The maximum Gasteiger partial charge on any atom is 0.253 e. The van der Waals surface area contributed by atoms with Crippen molar-refractivity contribution in [2.45, 2.75) is 39.9 Å². The van der Waals surface area contributed by atoms with Crippen molar-refractivity contribution in [2.75, 3.05) is 0 Å². The van der Waals surface area contributed by atoms with E-state index in [-0.39, 0.29) is 17.4 Å². The molecule has 6 heteroatoms. The van der Waals surface area contributed by atoms with Gasteiger partial charge in [0, 0.05) is 17.6 Å². The Morgan fingerprint density at radius 3 is 2.38 bits per heavy atom. The van der Waals surface area contributed by atoms with E-state index in [2.05, 4.69) is 23.3 Å². The highest BCUT2D eigenvalue weighted by Gasteiger charge is 2.17. The second kappa shape index (κ2) is 10.2. The molecule has 0 amide bonds. The lowest BCUT2D eigenvalue weighted by molar-refractivity contribution is 0.392. The van der Waals surface area contributed by atoms with Gasteiger partial charge in [-0.15, -0.1) is 0 Å². The summed E-state index contributed by atoms with van der Waals surface area (Å²) in [6, 6.07) is 22.4. The van der Waals surface area contributed by atoms with E-state index in [1.165, 1.54) is 17.7 Å². The summed E-state index contributed by atoms with van der Waals surface area (Å²) in [6.45, 7) is 6.90. The first-order valence-corrected chi connectivity index (χ1v) is 11.7. The van der Waals surface area contributed by atoms with Gasteiger partial charge >= 0.3 is 0 Å². The number of hydrogen-bond donors (Lipinski definition) is 2. The van der Waals surface area contributed by atoms with Crippen molar-refractivity contribution in [1.82, 2.24) is 15.2 Å². The molecule has 0 aliphatic carbocycles. The van der Waals surface area contributed by atoms with Gasteiger partial charge in [0.2, 0.25) is 0 Å². The van der Waals surface area contributed by atoms with Crippen LogP contribution in [0.3, 0.4) is 0 Å². The van der Waals surface area contributed by atoms with E-state index < -0.39 is 0 Å². The quantitative estimate of drug-likeness (QED) is 0.341. The summed E-state index contributed by atoms with van der Waals surface area (Å²) in [7, 11) is 0. The van der Waals surface area contributed by atoms with Gasteiger partial charge in [-0.2, -0.15) is 0 Å². The minimum atomic E-state index is -0.287. The smallest absolute Gasteiger partial charge is 0.253 e. The molecule has 0 saturated heterocycles. The molecule has 174 valence electrons. The fourth-order valence-corrected chi connectivity index (χ4v) is 4.26. The zero-order valence-corrected chi connectivity index (χ0v) is 20.4. The van der Waals surface area contributed by atoms with Crippen molar-refractivity contribution in [2.24, 2.45) is 0 Å². The molecule has 34 heavy (non-hydrogen) atoms. The van der Waals surface area contributed by atoms with Crippen LogP contribution in [0.1, 0.15) is 40.8 Å². The van der Waals surface area contributed by atoms with Crippen LogP contribution in [0.4, 0.5) is 4.39 Å². The van der Waals surface area contributed by atoms with Gasteiger partial charge in [0.05, 0.1) is 12.6 Å². The fraction of sp³-hybridized carbons (Fsp3) is 0.214. The first kappa shape index (κ1) is 23.6. The third-order valence-corrected chi connectivity index (χ3v) is 6.49. The van der Waals surface area contributed by atoms with E-state index in [1.807, 2.05) is 61.2 Å². The van der Waals surface area contributed by atoms with E-state index in [4.69, 9.17) is 12.2 Å². The normalized spacial score (nSPS) is 11.9. The molecule has 1 heterocycles. The molecule has 0 fully saturated rings. The van der Waals surface area contributed by atoms with Crippen LogP contribution in [0.2, 0.25) is 0 Å². The Morgan fingerprint density at radius 2 is 1.68 bits per heavy atom. The second-order valence-corrected chi connectivity index (χ2v) is 9.10. The summed E-state index contributed by atoms with van der Waals surface area (Å²) in [5.74, 6) is -0.287. The Bertz CT molecular complexity index is 1370. The Hall–Kier alpha value is -3.51. The van der Waals surface area contributed by atoms with Crippen LogP contribution < -0.4 is 10.9 Å². The first-order valence-electron chi connectivity index (χ1n) is 11.3. The van der Waals surface area contributed by atoms with Crippen LogP contribution in [0, 0.1) is 19.7 Å². The number of halogens is 1. The van der Waals surface area contributed by atoms with Crippen molar-refractivity contribution in [3.63, 3.8) is 0 Å². The summed E-state index contributed by atoms with van der Waals surface area (Å²) >= 11 is 5.78. The van der Waals surface area contributed by atoms with E-state index in [0.29, 0.717) is 23.8 Å². The van der Waals surface area contributed by atoms with Gasteiger partial charge in [-0.05, 0) is 91.0 Å². The van der Waals surface area contributed by atoms with Gasteiger partial charge in [-0.3, -0.25) is 4.79 Å². The van der Waals surface area contributed by atoms with Gasteiger partial charge < -0.3 is 15.2 Å². The number of nitrogens with one attached hydrogen (secondary N) is 2. The third kappa shape index (κ3) is 5.51. The number of fused-ring (bicyclic) bond motifs is 1. The summed E-state index contributed by atoms with van der Waals surface area (Å²) in [5, 5.41) is 4.90. The fourth-order valence-electron chi connectivity index (χ4n) is 3.96. The highest BCUT2D eigenvalue weighted by atomic mass is 32.1. The molecule has 4 rings (SSSR count). The molecule has 4 nitrogen and oxygen atoms in total. The van der Waals surface area contributed by atoms with Gasteiger partial charge in [0.1, 0.15) is 5.82 Å². The zero-order chi connectivity index (χ0) is 24.2. The summed E-state index contributed by atoms with van der Waals surface area (Å²) in [6.07, 6.45) is 0. The predicted octanol–water partition coefficient (Wildman–Crippen LogP) is 5.92. The topological polar surface area (TPSA) is 48.1 Å². The minimum absolute atomic E-state index is 0.00932. The molecule has 0 radical (unpaired) electrons. The van der Waals surface area contributed by atoms with Crippen LogP contribution in [-0.4, -0.2) is 15.0 Å². The van der Waals surface area contributed by atoms with Crippen molar-refractivity contribution >= 4 is 28.2 Å². The number of H-pyrrole nitrogens is 1. The number of aromatic nitrogens is 1. The standard InChI is InChI=1S/C28H28FN3OS/c1-18-13-23-15-24(27(33)31-26(23)14-19(18)2)17-32(16-21-9-11-25(29)12-10-21)28(34)30-20(3)22-7-5-4-6-8-22/h4-15,20H,16-17H2,1-3H3,(H,30,34)(H,31,33). The Labute approximate surface area is 204 Å². The number of aromatic amines is 1. The lowest BCUT2D eigenvalue weighted by Crippen LogP contribution is -2.41. The van der Waals surface area contributed by atoms with Gasteiger partial charge in [0.25, 0.3) is 5.56 Å². The Kier molecular flexibility index (Phi) is 7.08. The number of rotatable bonds is 6. The number of nitrogens with zero attached hydrogens (tertiary/aromatic N) is 1. The van der Waals surface area contributed by atoms with E-state index in [0.717, 1.165) is 27.6 Å². The molecule has 3 aromatic carbocycles. The number of benzene rings is 3. The molecule has 0 aliphatic heterocycles. The maximum absolute atomic E-state index is 13.5. The lowest BCUT2D eigenvalue weighted by Gasteiger charge is -2.28. The number of hydrogen-bond acceptors (Lipinski definition) is 2. The summed E-state index contributed by atoms with van der Waals surface area (Å²) in [5.41, 5.74) is 5.62. The summed E-state index contributed by atoms with van der Waals surface area (Å²) < 4.78 is 13.5. The van der Waals surface area contributed by atoms with Crippen molar-refractivity contribution in [3.05, 3.63) is 117 Å². The average Bonchev–Trinajstić information content (AvgIpc) is 2.82. The zero-order valence-electron chi connectivity index (χ0n) is 19.6. The maximum atomic E-state index is 13.5. The summed E-state index contributed by atoms with van der Waals surface area (Å²) in [4.78, 5) is 17.9. The first-order chi connectivity index (χ1) is 16.3. The molecule has 1 unspecified atom stereocenters. The molecule has 1 atom stereocenters. The predicted molar refractivity (Wildman–Crippen MR) is 140 cm³/mol. The second-order valence-electron chi connectivity index (χ2n) is 8.71. The van der Waals surface area contributed by atoms with E-state index >= 15 is 0 Å². The Balaban J connectivity index is 1.64.